The summed E-state index contributed by atoms with van der Waals surface area (Å²) in [6, 6.07) is 7.52. The number of amides is 1. The first kappa shape index (κ1) is 20.8. The van der Waals surface area contributed by atoms with Crippen LogP contribution in [0.4, 0.5) is 11.4 Å². The summed E-state index contributed by atoms with van der Waals surface area (Å²) in [4.78, 5) is 27.7. The lowest BCUT2D eigenvalue weighted by atomic mass is 9.91. The fourth-order valence-corrected chi connectivity index (χ4v) is 3.54. The molecule has 7 heteroatoms. The summed E-state index contributed by atoms with van der Waals surface area (Å²) in [6.07, 6.45) is 3.32. The average molecular weight is 396 g/mol. The van der Waals surface area contributed by atoms with Gasteiger partial charge in [0.1, 0.15) is 6.20 Å². The minimum atomic E-state index is -0.435. The molecule has 2 N–H and O–H groups in total. The van der Waals surface area contributed by atoms with Crippen LogP contribution in [0.1, 0.15) is 54.4 Å². The summed E-state index contributed by atoms with van der Waals surface area (Å²) in [5.74, 6) is 0.363. The number of carbonyl (C=O) groups is 1. The molecule has 2 atom stereocenters. The molecule has 1 aromatic heterocycles. The highest BCUT2D eigenvalue weighted by Crippen LogP contribution is 2.25. The van der Waals surface area contributed by atoms with Crippen molar-refractivity contribution in [3.8, 4) is 0 Å². The molecule has 0 bridgehead atoms. The first-order chi connectivity index (χ1) is 13.8. The molecule has 154 valence electrons. The zero-order valence-corrected chi connectivity index (χ0v) is 17.4. The van der Waals surface area contributed by atoms with E-state index >= 15 is 0 Å². The molecule has 0 saturated carbocycles. The lowest BCUT2D eigenvalue weighted by molar-refractivity contribution is -0.385. The second-order valence-corrected chi connectivity index (χ2v) is 8.12. The molecule has 1 aliphatic carbocycles. The molecule has 0 saturated heterocycles. The third-order valence-electron chi connectivity index (χ3n) is 5.75. The first-order valence-corrected chi connectivity index (χ1v) is 10.1. The number of aromatic nitrogens is 1. The quantitative estimate of drug-likeness (QED) is 0.567. The summed E-state index contributed by atoms with van der Waals surface area (Å²) in [5, 5.41) is 17.6. The minimum Gasteiger partial charge on any atom is -0.382 e. The van der Waals surface area contributed by atoms with Crippen molar-refractivity contribution < 1.29 is 9.72 Å². The lowest BCUT2D eigenvalue weighted by Crippen LogP contribution is -2.39. The zero-order chi connectivity index (χ0) is 21.1. The molecule has 1 amide bonds. The van der Waals surface area contributed by atoms with Gasteiger partial charge in [-0.3, -0.25) is 19.9 Å². The van der Waals surface area contributed by atoms with Crippen LogP contribution in [0.25, 0.3) is 0 Å². The lowest BCUT2D eigenvalue weighted by Gasteiger charge is -2.25. The van der Waals surface area contributed by atoms with Crippen LogP contribution in [0.3, 0.4) is 0 Å². The van der Waals surface area contributed by atoms with E-state index in [4.69, 9.17) is 0 Å². The van der Waals surface area contributed by atoms with Crippen molar-refractivity contribution in [1.82, 2.24) is 10.3 Å². The van der Waals surface area contributed by atoms with Crippen molar-refractivity contribution in [2.24, 2.45) is 5.92 Å². The molecule has 0 fully saturated rings. The predicted octanol–water partition coefficient (Wildman–Crippen LogP) is 4.04. The largest absolute Gasteiger partial charge is 0.382 e. The zero-order valence-electron chi connectivity index (χ0n) is 17.4. The third-order valence-corrected chi connectivity index (χ3v) is 5.75. The highest BCUT2D eigenvalue weighted by atomic mass is 16.6. The van der Waals surface area contributed by atoms with E-state index in [9.17, 15) is 14.9 Å². The Bertz CT molecular complexity index is 926. The Labute approximate surface area is 171 Å². The van der Waals surface area contributed by atoms with Crippen LogP contribution in [-0.2, 0) is 12.8 Å². The Morgan fingerprint density at radius 3 is 2.76 bits per heavy atom. The molecule has 0 spiro atoms. The van der Waals surface area contributed by atoms with E-state index in [2.05, 4.69) is 36.4 Å². The van der Waals surface area contributed by atoms with E-state index in [0.29, 0.717) is 30.4 Å². The second kappa shape index (κ2) is 8.59. The number of anilines is 1. The number of carbonyl (C=O) groups excluding carboxylic acids is 1. The van der Waals surface area contributed by atoms with Crippen molar-refractivity contribution >= 4 is 17.3 Å². The fraction of sp³-hybridized carbons (Fsp3) is 0.455. The summed E-state index contributed by atoms with van der Waals surface area (Å²) >= 11 is 0. The molecular weight excluding hydrogens is 368 g/mol. The molecule has 0 aliphatic heterocycles. The SMILES string of the molecule is Cc1c(NC(C)C(C)C)cccc1C(=O)NC1CCc2ncc([N+](=O)[O-])cc2C1. The van der Waals surface area contributed by atoms with E-state index in [1.54, 1.807) is 6.07 Å². The number of pyridine rings is 1. The van der Waals surface area contributed by atoms with Crippen LogP contribution >= 0.6 is 0 Å². The van der Waals surface area contributed by atoms with Gasteiger partial charge in [-0.25, -0.2) is 0 Å². The number of aryl methyl sites for hydroxylation is 1. The molecule has 0 radical (unpaired) electrons. The molecular formula is C22H28N4O3. The van der Waals surface area contributed by atoms with Crippen LogP contribution in [0.2, 0.25) is 0 Å². The van der Waals surface area contributed by atoms with Gasteiger partial charge >= 0.3 is 0 Å². The predicted molar refractivity (Wildman–Crippen MR) is 113 cm³/mol. The van der Waals surface area contributed by atoms with Crippen LogP contribution in [0, 0.1) is 23.0 Å². The molecule has 7 nitrogen and oxygen atoms in total. The maximum Gasteiger partial charge on any atom is 0.287 e. The van der Waals surface area contributed by atoms with Gasteiger partial charge in [0.2, 0.25) is 0 Å². The van der Waals surface area contributed by atoms with Gasteiger partial charge in [-0.05, 0) is 62.3 Å². The molecule has 1 aromatic carbocycles. The number of rotatable bonds is 6. The normalized spacial score (nSPS) is 16.8. The van der Waals surface area contributed by atoms with E-state index < -0.39 is 4.92 Å². The van der Waals surface area contributed by atoms with E-state index in [0.717, 1.165) is 28.9 Å². The fourth-order valence-electron chi connectivity index (χ4n) is 3.54. The summed E-state index contributed by atoms with van der Waals surface area (Å²) in [6.45, 7) is 8.39. The number of nitrogens with zero attached hydrogens (tertiary/aromatic N) is 2. The molecule has 2 aromatic rings. The van der Waals surface area contributed by atoms with Crippen LogP contribution in [0.5, 0.6) is 0 Å². The standard InChI is InChI=1S/C22H28N4O3/c1-13(2)15(4)24-20-7-5-6-19(14(20)3)22(27)25-17-8-9-21-16(10-17)11-18(12-23-21)26(28)29/h5-7,11-13,15,17,24H,8-10H2,1-4H3,(H,25,27). The van der Waals surface area contributed by atoms with Gasteiger partial charge in [0, 0.05) is 35.1 Å². The van der Waals surface area contributed by atoms with Crippen molar-refractivity contribution in [2.75, 3.05) is 5.32 Å². The number of hydrogen-bond donors (Lipinski definition) is 2. The average Bonchev–Trinajstić information content (AvgIpc) is 2.68. The molecule has 1 heterocycles. The maximum atomic E-state index is 12.9. The molecule has 1 aliphatic rings. The van der Waals surface area contributed by atoms with Crippen molar-refractivity contribution in [3.05, 3.63) is 63.0 Å². The van der Waals surface area contributed by atoms with Crippen molar-refractivity contribution in [1.29, 1.82) is 0 Å². The summed E-state index contributed by atoms with van der Waals surface area (Å²) in [5.41, 5.74) is 4.25. The Morgan fingerprint density at radius 1 is 1.31 bits per heavy atom. The number of hydrogen-bond acceptors (Lipinski definition) is 5. The highest BCUT2D eigenvalue weighted by molar-refractivity contribution is 5.97. The number of nitro groups is 1. The number of nitrogens with one attached hydrogen (secondary N) is 2. The van der Waals surface area contributed by atoms with Gasteiger partial charge in [-0.1, -0.05) is 19.9 Å². The number of fused-ring (bicyclic) bond motifs is 1. The van der Waals surface area contributed by atoms with E-state index in [1.165, 1.54) is 6.20 Å². The van der Waals surface area contributed by atoms with Gasteiger partial charge in [0.25, 0.3) is 11.6 Å². The van der Waals surface area contributed by atoms with Crippen LogP contribution < -0.4 is 10.6 Å². The van der Waals surface area contributed by atoms with Gasteiger partial charge in [-0.2, -0.15) is 0 Å². The molecule has 3 rings (SSSR count). The van der Waals surface area contributed by atoms with Crippen molar-refractivity contribution in [2.45, 2.75) is 59.0 Å². The smallest absolute Gasteiger partial charge is 0.287 e. The Balaban J connectivity index is 1.73. The van der Waals surface area contributed by atoms with E-state index in [-0.39, 0.29) is 17.6 Å². The third kappa shape index (κ3) is 4.72. The highest BCUT2D eigenvalue weighted by Gasteiger charge is 2.24. The van der Waals surface area contributed by atoms with Gasteiger partial charge < -0.3 is 10.6 Å². The van der Waals surface area contributed by atoms with E-state index in [1.807, 2.05) is 25.1 Å². The van der Waals surface area contributed by atoms with Gasteiger partial charge in [0.05, 0.1) is 4.92 Å². The Kier molecular flexibility index (Phi) is 6.15. The van der Waals surface area contributed by atoms with Crippen LogP contribution in [-0.4, -0.2) is 27.9 Å². The number of benzene rings is 1. The summed E-state index contributed by atoms with van der Waals surface area (Å²) in [7, 11) is 0. The topological polar surface area (TPSA) is 97.2 Å². The molecule has 29 heavy (non-hydrogen) atoms. The van der Waals surface area contributed by atoms with Gasteiger partial charge in [0.15, 0.2) is 0 Å². The Hall–Kier alpha value is -2.96. The van der Waals surface area contributed by atoms with Crippen molar-refractivity contribution in [3.63, 3.8) is 0 Å². The summed E-state index contributed by atoms with van der Waals surface area (Å²) < 4.78 is 0. The Morgan fingerprint density at radius 2 is 2.07 bits per heavy atom. The second-order valence-electron chi connectivity index (χ2n) is 8.12. The molecule has 2 unspecified atom stereocenters. The maximum absolute atomic E-state index is 12.9. The minimum absolute atomic E-state index is 0.00961. The van der Waals surface area contributed by atoms with Gasteiger partial charge in [-0.15, -0.1) is 0 Å². The van der Waals surface area contributed by atoms with Crippen LogP contribution in [0.15, 0.2) is 30.5 Å². The first-order valence-electron chi connectivity index (χ1n) is 10.1. The monoisotopic (exact) mass is 396 g/mol.